The normalized spacial score (nSPS) is 12.2. The van der Waals surface area contributed by atoms with Crippen molar-refractivity contribution in [2.24, 2.45) is 0 Å². The second-order valence-corrected chi connectivity index (χ2v) is 6.19. The van der Waals surface area contributed by atoms with Crippen LogP contribution in [0.3, 0.4) is 0 Å². The predicted molar refractivity (Wildman–Crippen MR) is 96.7 cm³/mol. The Kier molecular flexibility index (Phi) is 4.90. The molecule has 28 heavy (non-hydrogen) atoms. The highest BCUT2D eigenvalue weighted by Gasteiger charge is 2.17. The molecule has 3 heterocycles. The number of hydrogen-bond acceptors (Lipinski definition) is 6. The molecule has 1 aromatic carbocycles. The molecule has 0 aliphatic carbocycles. The van der Waals surface area contributed by atoms with E-state index in [1.807, 2.05) is 6.92 Å². The average Bonchev–Trinajstić information content (AvgIpc) is 3.37. The first-order valence-corrected chi connectivity index (χ1v) is 8.57. The van der Waals surface area contributed by atoms with Crippen LogP contribution in [0.1, 0.15) is 24.4 Å². The van der Waals surface area contributed by atoms with Crippen LogP contribution in [0.4, 0.5) is 8.78 Å². The fourth-order valence-corrected chi connectivity index (χ4v) is 2.75. The van der Waals surface area contributed by atoms with Crippen molar-refractivity contribution in [2.75, 3.05) is 0 Å². The molecule has 0 saturated carbocycles. The molecule has 9 heteroatoms. The molecule has 2 N–H and O–H groups in total. The topological polar surface area (TPSA) is 92.5 Å². The Hall–Kier alpha value is -3.46. The Morgan fingerprint density at radius 3 is 2.79 bits per heavy atom. The second kappa shape index (κ2) is 7.65. The zero-order chi connectivity index (χ0) is 19.5. The third-order valence-corrected chi connectivity index (χ3v) is 4.27. The van der Waals surface area contributed by atoms with Crippen molar-refractivity contribution in [3.8, 4) is 22.6 Å². The van der Waals surface area contributed by atoms with Crippen LogP contribution in [0.15, 0.2) is 53.4 Å². The van der Waals surface area contributed by atoms with Crippen LogP contribution < -0.4 is 5.32 Å². The van der Waals surface area contributed by atoms with Crippen molar-refractivity contribution >= 4 is 0 Å². The Morgan fingerprint density at radius 2 is 2.00 bits per heavy atom. The summed E-state index contributed by atoms with van der Waals surface area (Å²) in [6, 6.07) is 6.77. The van der Waals surface area contributed by atoms with Gasteiger partial charge in [0, 0.05) is 41.7 Å². The summed E-state index contributed by atoms with van der Waals surface area (Å²) in [6.45, 7) is 2.25. The monoisotopic (exact) mass is 382 g/mol. The van der Waals surface area contributed by atoms with E-state index in [4.69, 9.17) is 4.52 Å². The van der Waals surface area contributed by atoms with Gasteiger partial charge in [0.25, 0.3) is 0 Å². The number of rotatable bonds is 6. The number of pyridine rings is 1. The number of aromatic nitrogens is 5. The summed E-state index contributed by atoms with van der Waals surface area (Å²) < 4.78 is 32.6. The lowest BCUT2D eigenvalue weighted by molar-refractivity contribution is 0.339. The van der Waals surface area contributed by atoms with Gasteiger partial charge in [0.1, 0.15) is 11.6 Å². The Bertz CT molecular complexity index is 1080. The van der Waals surface area contributed by atoms with Crippen molar-refractivity contribution < 1.29 is 13.3 Å². The number of nitrogens with zero attached hydrogens (tertiary/aromatic N) is 4. The lowest BCUT2D eigenvalue weighted by Gasteiger charge is -2.10. The lowest BCUT2D eigenvalue weighted by atomic mass is 10.1. The van der Waals surface area contributed by atoms with Crippen LogP contribution >= 0.6 is 0 Å². The highest BCUT2D eigenvalue weighted by molar-refractivity contribution is 5.63. The van der Waals surface area contributed by atoms with Crippen LogP contribution in [-0.2, 0) is 6.54 Å². The molecule has 3 aromatic heterocycles. The summed E-state index contributed by atoms with van der Waals surface area (Å²) in [6.07, 6.45) is 4.90. The number of hydrogen-bond donors (Lipinski definition) is 2. The molecule has 0 fully saturated rings. The van der Waals surface area contributed by atoms with E-state index >= 15 is 0 Å². The third-order valence-electron chi connectivity index (χ3n) is 4.27. The van der Waals surface area contributed by atoms with Gasteiger partial charge in [0.15, 0.2) is 0 Å². The van der Waals surface area contributed by atoms with Gasteiger partial charge < -0.3 is 9.84 Å². The number of nitrogens with one attached hydrogen (secondary N) is 2. The van der Waals surface area contributed by atoms with E-state index in [9.17, 15) is 8.78 Å². The zero-order valence-corrected chi connectivity index (χ0v) is 14.9. The SMILES string of the molecule is CC(NCc1cn[nH]c1-c1ccc(F)cc1F)c1nc(-c2ccncc2)no1. The van der Waals surface area contributed by atoms with Crippen molar-refractivity contribution in [1.29, 1.82) is 0 Å². The summed E-state index contributed by atoms with van der Waals surface area (Å²) in [5.41, 5.74) is 2.27. The van der Waals surface area contributed by atoms with E-state index in [0.29, 0.717) is 24.0 Å². The van der Waals surface area contributed by atoms with Gasteiger partial charge in [-0.05, 0) is 31.2 Å². The molecule has 0 amide bonds. The van der Waals surface area contributed by atoms with Gasteiger partial charge in [-0.2, -0.15) is 10.1 Å². The summed E-state index contributed by atoms with van der Waals surface area (Å²) in [5.74, 6) is -0.388. The van der Waals surface area contributed by atoms with Crippen molar-refractivity contribution in [1.82, 2.24) is 30.6 Å². The van der Waals surface area contributed by atoms with Gasteiger partial charge >= 0.3 is 0 Å². The van der Waals surface area contributed by atoms with Crippen LogP contribution in [0.5, 0.6) is 0 Å². The predicted octanol–water partition coefficient (Wildman–Crippen LogP) is 3.65. The molecule has 0 radical (unpaired) electrons. The van der Waals surface area contributed by atoms with E-state index in [1.165, 1.54) is 12.1 Å². The standard InChI is InChI=1S/C19H16F2N6O/c1-11(19-25-18(27-28-19)12-4-6-22-7-5-12)23-9-13-10-24-26-17(13)15-3-2-14(20)8-16(15)21/h2-8,10-11,23H,9H2,1H3,(H,24,26). The summed E-state index contributed by atoms with van der Waals surface area (Å²) >= 11 is 0. The second-order valence-electron chi connectivity index (χ2n) is 6.19. The minimum absolute atomic E-state index is 0.246. The minimum Gasteiger partial charge on any atom is -0.337 e. The molecule has 0 aliphatic heterocycles. The smallest absolute Gasteiger partial charge is 0.243 e. The molecule has 0 aliphatic rings. The molecule has 1 atom stereocenters. The Labute approximate surface area is 158 Å². The summed E-state index contributed by atoms with van der Waals surface area (Å²) in [4.78, 5) is 8.35. The van der Waals surface area contributed by atoms with Crippen LogP contribution in [0, 0.1) is 11.6 Å². The van der Waals surface area contributed by atoms with E-state index in [2.05, 4.69) is 30.6 Å². The molecular weight excluding hydrogens is 366 g/mol. The molecule has 0 bridgehead atoms. The molecule has 4 rings (SSSR count). The van der Waals surface area contributed by atoms with Gasteiger partial charge in [-0.25, -0.2) is 8.78 Å². The number of halogens is 2. The molecule has 7 nitrogen and oxygen atoms in total. The molecule has 0 spiro atoms. The van der Waals surface area contributed by atoms with Gasteiger partial charge in [-0.3, -0.25) is 10.1 Å². The van der Waals surface area contributed by atoms with Gasteiger partial charge in [0.05, 0.1) is 17.9 Å². The maximum Gasteiger partial charge on any atom is 0.243 e. The summed E-state index contributed by atoms with van der Waals surface area (Å²) in [5, 5.41) is 14.0. The highest BCUT2D eigenvalue weighted by atomic mass is 19.1. The summed E-state index contributed by atoms with van der Waals surface area (Å²) in [7, 11) is 0. The third kappa shape index (κ3) is 3.65. The molecule has 142 valence electrons. The van der Waals surface area contributed by atoms with Crippen LogP contribution in [0.25, 0.3) is 22.6 Å². The lowest BCUT2D eigenvalue weighted by Crippen LogP contribution is -2.18. The number of benzene rings is 1. The van der Waals surface area contributed by atoms with Crippen LogP contribution in [-0.4, -0.2) is 25.3 Å². The number of H-pyrrole nitrogens is 1. The first-order valence-electron chi connectivity index (χ1n) is 8.57. The van der Waals surface area contributed by atoms with Gasteiger partial charge in [-0.15, -0.1) is 0 Å². The Morgan fingerprint density at radius 1 is 1.18 bits per heavy atom. The molecule has 0 saturated heterocycles. The highest BCUT2D eigenvalue weighted by Crippen LogP contribution is 2.25. The first-order chi connectivity index (χ1) is 13.6. The van der Waals surface area contributed by atoms with E-state index in [-0.39, 0.29) is 11.6 Å². The first kappa shape index (κ1) is 17.9. The minimum atomic E-state index is -0.655. The fourth-order valence-electron chi connectivity index (χ4n) is 2.75. The Balaban J connectivity index is 1.47. The quantitative estimate of drug-likeness (QED) is 0.529. The maximum absolute atomic E-state index is 14.1. The molecule has 4 aromatic rings. The maximum atomic E-state index is 14.1. The average molecular weight is 382 g/mol. The van der Waals surface area contributed by atoms with E-state index in [1.54, 1.807) is 30.7 Å². The van der Waals surface area contributed by atoms with E-state index < -0.39 is 11.6 Å². The van der Waals surface area contributed by atoms with Crippen molar-refractivity contribution in [3.05, 3.63) is 72.0 Å². The fraction of sp³-hybridized carbons (Fsp3) is 0.158. The van der Waals surface area contributed by atoms with E-state index in [0.717, 1.165) is 17.2 Å². The van der Waals surface area contributed by atoms with Gasteiger partial charge in [-0.1, -0.05) is 5.16 Å². The zero-order valence-electron chi connectivity index (χ0n) is 14.9. The largest absolute Gasteiger partial charge is 0.337 e. The molecule has 1 unspecified atom stereocenters. The van der Waals surface area contributed by atoms with Crippen LogP contribution in [0.2, 0.25) is 0 Å². The number of aromatic amines is 1. The van der Waals surface area contributed by atoms with Crippen molar-refractivity contribution in [3.63, 3.8) is 0 Å². The molecular formula is C19H16F2N6O. The van der Waals surface area contributed by atoms with Gasteiger partial charge in [0.2, 0.25) is 11.7 Å². The van der Waals surface area contributed by atoms with Crippen molar-refractivity contribution in [2.45, 2.75) is 19.5 Å².